The summed E-state index contributed by atoms with van der Waals surface area (Å²) in [5.41, 5.74) is 1.13. The molecule has 0 unspecified atom stereocenters. The Hall–Kier alpha value is -3.03. The van der Waals surface area contributed by atoms with E-state index in [2.05, 4.69) is 4.90 Å². The summed E-state index contributed by atoms with van der Waals surface area (Å²) >= 11 is 0. The molecule has 8 nitrogen and oxygen atoms in total. The van der Waals surface area contributed by atoms with E-state index in [4.69, 9.17) is 4.74 Å². The van der Waals surface area contributed by atoms with E-state index in [-0.39, 0.29) is 5.57 Å². The Kier molecular flexibility index (Phi) is 4.83. The lowest BCUT2D eigenvalue weighted by Gasteiger charge is -2.36. The predicted molar refractivity (Wildman–Crippen MR) is 95.8 cm³/mol. The third-order valence-electron chi connectivity index (χ3n) is 4.71. The first-order valence-electron chi connectivity index (χ1n) is 8.37. The quantitative estimate of drug-likeness (QED) is 0.587. The number of rotatable bonds is 3. The molecule has 0 radical (unpaired) electrons. The highest BCUT2D eigenvalue weighted by molar-refractivity contribution is 6.28. The Morgan fingerprint density at radius 3 is 1.92 bits per heavy atom. The average Bonchev–Trinajstić information content (AvgIpc) is 2.69. The molecule has 4 amide bonds. The van der Waals surface area contributed by atoms with Crippen molar-refractivity contribution in [1.29, 1.82) is 0 Å². The first-order chi connectivity index (χ1) is 12.4. The van der Waals surface area contributed by atoms with Crippen molar-refractivity contribution >= 4 is 23.5 Å². The number of carbonyl (C=O) groups excluding carboxylic acids is 3. The van der Waals surface area contributed by atoms with Crippen molar-refractivity contribution in [3.8, 4) is 5.75 Å². The van der Waals surface area contributed by atoms with Gasteiger partial charge in [-0.15, -0.1) is 0 Å². The number of carbonyl (C=O) groups is 3. The van der Waals surface area contributed by atoms with Crippen LogP contribution >= 0.6 is 0 Å². The lowest BCUT2D eigenvalue weighted by atomic mass is 10.1. The molecule has 1 aromatic rings. The molecule has 2 aliphatic heterocycles. The van der Waals surface area contributed by atoms with Gasteiger partial charge in [0, 0.05) is 52.2 Å². The third-order valence-corrected chi connectivity index (χ3v) is 4.71. The standard InChI is InChI=1S/C18H22N4O4/c1-19-16(23)15(17(24)20(2)18(19)25)12-21-8-10-22(11-9-21)13-4-6-14(26-3)7-5-13/h4-7,12H,8-11H2,1-3H3. The second-order valence-corrected chi connectivity index (χ2v) is 6.27. The molecule has 138 valence electrons. The first-order valence-corrected chi connectivity index (χ1v) is 8.37. The lowest BCUT2D eigenvalue weighted by molar-refractivity contribution is -0.134. The van der Waals surface area contributed by atoms with Gasteiger partial charge in [0.05, 0.1) is 7.11 Å². The largest absolute Gasteiger partial charge is 0.497 e. The van der Waals surface area contributed by atoms with Crippen molar-refractivity contribution < 1.29 is 19.1 Å². The monoisotopic (exact) mass is 358 g/mol. The van der Waals surface area contributed by atoms with Gasteiger partial charge in [0.25, 0.3) is 11.8 Å². The molecule has 1 aromatic carbocycles. The first kappa shape index (κ1) is 17.8. The van der Waals surface area contributed by atoms with Crippen LogP contribution in [0.3, 0.4) is 0 Å². The van der Waals surface area contributed by atoms with E-state index in [0.717, 1.165) is 34.3 Å². The number of hydrogen-bond acceptors (Lipinski definition) is 6. The van der Waals surface area contributed by atoms with Crippen LogP contribution in [-0.4, -0.2) is 79.9 Å². The van der Waals surface area contributed by atoms with Gasteiger partial charge in [0.2, 0.25) is 0 Å². The van der Waals surface area contributed by atoms with Crippen LogP contribution in [0.4, 0.5) is 10.5 Å². The van der Waals surface area contributed by atoms with Gasteiger partial charge in [-0.1, -0.05) is 0 Å². The van der Waals surface area contributed by atoms with Crippen molar-refractivity contribution in [3.63, 3.8) is 0 Å². The van der Waals surface area contributed by atoms with Crippen LogP contribution in [0, 0.1) is 0 Å². The SMILES string of the molecule is COc1ccc(N2CCN(C=C3C(=O)N(C)C(=O)N(C)C3=O)CC2)cc1. The zero-order valence-electron chi connectivity index (χ0n) is 15.1. The van der Waals surface area contributed by atoms with Gasteiger partial charge in [-0.25, -0.2) is 4.79 Å². The van der Waals surface area contributed by atoms with Crippen LogP contribution in [0.15, 0.2) is 36.0 Å². The number of ether oxygens (including phenoxy) is 1. The Morgan fingerprint density at radius 2 is 1.42 bits per heavy atom. The molecule has 3 rings (SSSR count). The summed E-state index contributed by atoms with van der Waals surface area (Å²) in [6.07, 6.45) is 1.58. The van der Waals surface area contributed by atoms with Crippen LogP contribution in [0.1, 0.15) is 0 Å². The van der Waals surface area contributed by atoms with E-state index in [1.54, 1.807) is 13.3 Å². The molecule has 8 heteroatoms. The maximum Gasteiger partial charge on any atom is 0.333 e. The predicted octanol–water partition coefficient (Wildman–Crippen LogP) is 0.751. The van der Waals surface area contributed by atoms with Gasteiger partial charge in [0.1, 0.15) is 11.3 Å². The molecule has 0 spiro atoms. The molecule has 2 heterocycles. The number of barbiturate groups is 1. The average molecular weight is 358 g/mol. The molecular weight excluding hydrogens is 336 g/mol. The molecular formula is C18H22N4O4. The minimum atomic E-state index is -0.610. The van der Waals surface area contributed by atoms with Gasteiger partial charge in [-0.2, -0.15) is 0 Å². The minimum Gasteiger partial charge on any atom is -0.497 e. The van der Waals surface area contributed by atoms with E-state index in [1.165, 1.54) is 14.1 Å². The molecule has 0 aromatic heterocycles. The van der Waals surface area contributed by atoms with E-state index < -0.39 is 17.8 Å². The highest BCUT2D eigenvalue weighted by atomic mass is 16.5. The van der Waals surface area contributed by atoms with Gasteiger partial charge in [-0.3, -0.25) is 19.4 Å². The molecule has 0 N–H and O–H groups in total. The normalized spacial score (nSPS) is 18.6. The van der Waals surface area contributed by atoms with Crippen molar-refractivity contribution in [1.82, 2.24) is 14.7 Å². The van der Waals surface area contributed by atoms with Crippen LogP contribution in [0.5, 0.6) is 5.75 Å². The molecule has 0 saturated carbocycles. The van der Waals surface area contributed by atoms with Gasteiger partial charge >= 0.3 is 6.03 Å². The van der Waals surface area contributed by atoms with Crippen molar-refractivity contribution in [2.45, 2.75) is 0 Å². The number of imide groups is 2. The molecule has 0 aliphatic carbocycles. The maximum atomic E-state index is 12.3. The molecule has 0 bridgehead atoms. The Labute approximate surface area is 152 Å². The van der Waals surface area contributed by atoms with Crippen LogP contribution in [-0.2, 0) is 9.59 Å². The molecule has 0 atom stereocenters. The Morgan fingerprint density at radius 1 is 0.885 bits per heavy atom. The number of anilines is 1. The highest BCUT2D eigenvalue weighted by Crippen LogP contribution is 2.21. The molecule has 2 aliphatic rings. The van der Waals surface area contributed by atoms with Crippen molar-refractivity contribution in [2.75, 3.05) is 52.3 Å². The summed E-state index contributed by atoms with van der Waals surface area (Å²) in [6.45, 7) is 2.89. The van der Waals surface area contributed by atoms with Gasteiger partial charge in [-0.05, 0) is 24.3 Å². The summed E-state index contributed by atoms with van der Waals surface area (Å²) < 4.78 is 5.17. The number of nitrogens with zero attached hydrogens (tertiary/aromatic N) is 4. The van der Waals surface area contributed by atoms with E-state index in [1.807, 2.05) is 29.2 Å². The molecule has 2 fully saturated rings. The third kappa shape index (κ3) is 3.22. The smallest absolute Gasteiger partial charge is 0.333 e. The summed E-state index contributed by atoms with van der Waals surface area (Å²) in [5, 5.41) is 0. The summed E-state index contributed by atoms with van der Waals surface area (Å²) in [5.74, 6) is -0.305. The van der Waals surface area contributed by atoms with Gasteiger partial charge in [0.15, 0.2) is 0 Å². The van der Waals surface area contributed by atoms with E-state index >= 15 is 0 Å². The van der Waals surface area contributed by atoms with E-state index in [0.29, 0.717) is 13.1 Å². The summed E-state index contributed by atoms with van der Waals surface area (Å²) in [7, 11) is 4.39. The number of piperazine rings is 1. The van der Waals surface area contributed by atoms with Crippen LogP contribution in [0.25, 0.3) is 0 Å². The lowest BCUT2D eigenvalue weighted by Crippen LogP contribution is -2.53. The number of methoxy groups -OCH3 is 1. The topological polar surface area (TPSA) is 73.4 Å². The fraction of sp³-hybridized carbons (Fsp3) is 0.389. The zero-order valence-corrected chi connectivity index (χ0v) is 15.1. The molecule has 2 saturated heterocycles. The highest BCUT2D eigenvalue weighted by Gasteiger charge is 2.38. The van der Waals surface area contributed by atoms with Crippen LogP contribution in [0.2, 0.25) is 0 Å². The molecule has 26 heavy (non-hydrogen) atoms. The number of amides is 4. The number of hydrogen-bond donors (Lipinski definition) is 0. The maximum absolute atomic E-state index is 12.3. The van der Waals surface area contributed by atoms with Crippen molar-refractivity contribution in [2.24, 2.45) is 0 Å². The number of likely N-dealkylation sites (N-methyl/N-ethyl adjacent to an activating group) is 2. The van der Waals surface area contributed by atoms with Crippen molar-refractivity contribution in [3.05, 3.63) is 36.0 Å². The fourth-order valence-corrected chi connectivity index (χ4v) is 3.05. The van der Waals surface area contributed by atoms with E-state index in [9.17, 15) is 14.4 Å². The Balaban J connectivity index is 1.67. The fourth-order valence-electron chi connectivity index (χ4n) is 3.05. The second kappa shape index (κ2) is 7.07. The summed E-state index contributed by atoms with van der Waals surface area (Å²) in [4.78, 5) is 42.4. The minimum absolute atomic E-state index is 0.0208. The number of benzene rings is 1. The second-order valence-electron chi connectivity index (χ2n) is 6.27. The number of urea groups is 1. The summed E-state index contributed by atoms with van der Waals surface area (Å²) in [6, 6.07) is 7.26. The zero-order chi connectivity index (χ0) is 18.8. The Bertz CT molecular complexity index is 725. The van der Waals surface area contributed by atoms with Gasteiger partial charge < -0.3 is 14.5 Å². The van der Waals surface area contributed by atoms with Crippen LogP contribution < -0.4 is 9.64 Å².